The second kappa shape index (κ2) is 7.58. The van der Waals surface area contributed by atoms with E-state index < -0.39 is 0 Å². The number of likely N-dealkylation sites (tertiary alicyclic amines) is 1. The third kappa shape index (κ3) is 3.77. The Balaban J connectivity index is 1.35. The maximum Gasteiger partial charge on any atom is 0.321 e. The minimum absolute atomic E-state index is 0.0303. The molecule has 2 amide bonds. The number of urea groups is 1. The van der Waals surface area contributed by atoms with Gasteiger partial charge in [-0.15, -0.1) is 0 Å². The van der Waals surface area contributed by atoms with Crippen LogP contribution >= 0.6 is 0 Å². The first kappa shape index (κ1) is 17.8. The molecule has 2 aromatic rings. The molecule has 4 rings (SSSR count). The highest BCUT2D eigenvalue weighted by Crippen LogP contribution is 2.28. The van der Waals surface area contributed by atoms with E-state index in [0.29, 0.717) is 5.92 Å². The minimum Gasteiger partial charge on any atom is -0.357 e. The van der Waals surface area contributed by atoms with Crippen molar-refractivity contribution >= 4 is 17.5 Å². The summed E-state index contributed by atoms with van der Waals surface area (Å²) in [6, 6.07) is 6.05. The zero-order valence-electron chi connectivity index (χ0n) is 16.2. The monoisotopic (exact) mass is 368 g/mol. The number of hydrogen-bond donors (Lipinski definition) is 1. The molecule has 0 unspecified atom stereocenters. The molecule has 2 aromatic heterocycles. The summed E-state index contributed by atoms with van der Waals surface area (Å²) in [5.41, 5.74) is 2.93. The Hall–Kier alpha value is -2.57. The fourth-order valence-electron chi connectivity index (χ4n) is 4.16. The average molecular weight is 368 g/mol. The SMILES string of the molecule is Cc1nc(N2CCCC2)ccc1NC(=O)N1CCC(c2ccnn2C)CC1. The summed E-state index contributed by atoms with van der Waals surface area (Å²) in [7, 11) is 1.98. The van der Waals surface area contributed by atoms with Crippen molar-refractivity contribution in [1.29, 1.82) is 0 Å². The number of rotatable bonds is 3. The Bertz CT molecular complexity index is 803. The lowest BCUT2D eigenvalue weighted by molar-refractivity contribution is 0.193. The normalized spacial score (nSPS) is 18.1. The highest BCUT2D eigenvalue weighted by molar-refractivity contribution is 5.90. The van der Waals surface area contributed by atoms with Crippen molar-refractivity contribution in [3.63, 3.8) is 0 Å². The van der Waals surface area contributed by atoms with Gasteiger partial charge >= 0.3 is 6.03 Å². The van der Waals surface area contributed by atoms with Gasteiger partial charge < -0.3 is 15.1 Å². The molecule has 144 valence electrons. The summed E-state index contributed by atoms with van der Waals surface area (Å²) in [5.74, 6) is 1.49. The summed E-state index contributed by atoms with van der Waals surface area (Å²) >= 11 is 0. The number of aryl methyl sites for hydroxylation is 2. The third-order valence-electron chi connectivity index (χ3n) is 5.80. The van der Waals surface area contributed by atoms with Crippen LogP contribution in [0.15, 0.2) is 24.4 Å². The van der Waals surface area contributed by atoms with Gasteiger partial charge in [-0.25, -0.2) is 9.78 Å². The Morgan fingerprint density at radius 3 is 2.48 bits per heavy atom. The molecule has 7 heteroatoms. The maximum absolute atomic E-state index is 12.7. The number of carbonyl (C=O) groups is 1. The minimum atomic E-state index is -0.0303. The van der Waals surface area contributed by atoms with Gasteiger partial charge in [-0.2, -0.15) is 5.10 Å². The van der Waals surface area contributed by atoms with Crippen LogP contribution in [0.2, 0.25) is 0 Å². The predicted molar refractivity (Wildman–Crippen MR) is 106 cm³/mol. The number of nitrogens with one attached hydrogen (secondary N) is 1. The first-order valence-electron chi connectivity index (χ1n) is 9.88. The van der Waals surface area contributed by atoms with Gasteiger partial charge in [0.15, 0.2) is 0 Å². The van der Waals surface area contributed by atoms with E-state index in [0.717, 1.165) is 56.2 Å². The van der Waals surface area contributed by atoms with Gasteiger partial charge in [0, 0.05) is 51.0 Å². The highest BCUT2D eigenvalue weighted by atomic mass is 16.2. The average Bonchev–Trinajstić information content (AvgIpc) is 3.35. The van der Waals surface area contributed by atoms with Crippen molar-refractivity contribution in [3.05, 3.63) is 35.8 Å². The van der Waals surface area contributed by atoms with Crippen LogP contribution in [-0.4, -0.2) is 51.9 Å². The van der Waals surface area contributed by atoms with E-state index in [9.17, 15) is 4.79 Å². The van der Waals surface area contributed by atoms with Crippen molar-refractivity contribution in [2.24, 2.45) is 7.05 Å². The molecule has 1 N–H and O–H groups in total. The third-order valence-corrected chi connectivity index (χ3v) is 5.80. The number of aromatic nitrogens is 3. The van der Waals surface area contributed by atoms with Crippen LogP contribution in [0.4, 0.5) is 16.3 Å². The number of nitrogens with zero attached hydrogens (tertiary/aromatic N) is 5. The van der Waals surface area contributed by atoms with Crippen LogP contribution in [0.5, 0.6) is 0 Å². The van der Waals surface area contributed by atoms with Crippen molar-refractivity contribution in [1.82, 2.24) is 19.7 Å². The molecule has 0 aliphatic carbocycles. The smallest absolute Gasteiger partial charge is 0.321 e. The first-order valence-corrected chi connectivity index (χ1v) is 9.88. The van der Waals surface area contributed by atoms with Crippen LogP contribution in [-0.2, 0) is 7.05 Å². The van der Waals surface area contributed by atoms with Gasteiger partial charge in [-0.1, -0.05) is 0 Å². The van der Waals surface area contributed by atoms with Crippen LogP contribution < -0.4 is 10.2 Å². The summed E-state index contributed by atoms with van der Waals surface area (Å²) in [6.07, 6.45) is 6.24. The molecule has 2 aliphatic rings. The van der Waals surface area contributed by atoms with E-state index >= 15 is 0 Å². The fraction of sp³-hybridized carbons (Fsp3) is 0.550. The van der Waals surface area contributed by atoms with E-state index in [1.165, 1.54) is 18.5 Å². The number of amides is 2. The van der Waals surface area contributed by atoms with Crippen molar-refractivity contribution in [2.75, 3.05) is 36.4 Å². The van der Waals surface area contributed by atoms with Crippen molar-refractivity contribution in [3.8, 4) is 0 Å². The molecule has 0 aromatic carbocycles. The number of piperidine rings is 1. The maximum atomic E-state index is 12.7. The molecule has 4 heterocycles. The van der Waals surface area contributed by atoms with E-state index in [-0.39, 0.29) is 6.03 Å². The molecule has 0 bridgehead atoms. The lowest BCUT2D eigenvalue weighted by Gasteiger charge is -2.32. The second-order valence-electron chi connectivity index (χ2n) is 7.57. The van der Waals surface area contributed by atoms with E-state index in [2.05, 4.69) is 21.4 Å². The fourth-order valence-corrected chi connectivity index (χ4v) is 4.16. The number of pyridine rings is 1. The molecule has 0 radical (unpaired) electrons. The van der Waals surface area contributed by atoms with Gasteiger partial charge in [0.05, 0.1) is 11.4 Å². The number of anilines is 2. The molecule has 27 heavy (non-hydrogen) atoms. The molecule has 2 aliphatic heterocycles. The zero-order chi connectivity index (χ0) is 18.8. The summed E-state index contributed by atoms with van der Waals surface area (Å²) < 4.78 is 1.94. The van der Waals surface area contributed by atoms with Gasteiger partial charge in [-0.05, 0) is 50.8 Å². The molecule has 7 nitrogen and oxygen atoms in total. The largest absolute Gasteiger partial charge is 0.357 e. The lowest BCUT2D eigenvalue weighted by atomic mass is 9.93. The second-order valence-corrected chi connectivity index (χ2v) is 7.57. The van der Waals surface area contributed by atoms with Crippen LogP contribution in [0.1, 0.15) is 43.0 Å². The molecule has 0 spiro atoms. The van der Waals surface area contributed by atoms with Gasteiger partial charge in [0.1, 0.15) is 5.82 Å². The molecular formula is C20H28N6O. The summed E-state index contributed by atoms with van der Waals surface area (Å²) in [4.78, 5) is 21.6. The standard InChI is InChI=1S/C20H28N6O/c1-15-17(5-6-19(22-15)25-11-3-4-12-25)23-20(27)26-13-8-16(9-14-26)18-7-10-21-24(18)2/h5-7,10,16H,3-4,8-9,11-14H2,1-2H3,(H,23,27). The Labute approximate surface area is 160 Å². The number of hydrogen-bond acceptors (Lipinski definition) is 4. The Morgan fingerprint density at radius 2 is 1.85 bits per heavy atom. The highest BCUT2D eigenvalue weighted by Gasteiger charge is 2.25. The molecular weight excluding hydrogens is 340 g/mol. The van der Waals surface area contributed by atoms with Gasteiger partial charge in [-0.3, -0.25) is 4.68 Å². The molecule has 0 saturated carbocycles. The first-order chi connectivity index (χ1) is 13.1. The van der Waals surface area contributed by atoms with Gasteiger partial charge in [0.25, 0.3) is 0 Å². The van der Waals surface area contributed by atoms with Crippen molar-refractivity contribution < 1.29 is 4.79 Å². The molecule has 2 saturated heterocycles. The predicted octanol–water partition coefficient (Wildman–Crippen LogP) is 3.14. The van der Waals surface area contributed by atoms with Crippen LogP contribution in [0.3, 0.4) is 0 Å². The van der Waals surface area contributed by atoms with E-state index in [4.69, 9.17) is 4.98 Å². The zero-order valence-corrected chi connectivity index (χ0v) is 16.2. The van der Waals surface area contributed by atoms with Gasteiger partial charge in [0.2, 0.25) is 0 Å². The Kier molecular flexibility index (Phi) is 5.01. The summed E-state index contributed by atoms with van der Waals surface area (Å²) in [6.45, 7) is 5.64. The lowest BCUT2D eigenvalue weighted by Crippen LogP contribution is -2.41. The topological polar surface area (TPSA) is 66.3 Å². The Morgan fingerprint density at radius 1 is 1.11 bits per heavy atom. The van der Waals surface area contributed by atoms with Crippen molar-refractivity contribution in [2.45, 2.75) is 38.5 Å². The van der Waals surface area contributed by atoms with E-state index in [1.54, 1.807) is 0 Å². The molecule has 2 fully saturated rings. The van der Waals surface area contributed by atoms with Crippen LogP contribution in [0, 0.1) is 6.92 Å². The summed E-state index contributed by atoms with van der Waals surface area (Å²) in [5, 5.41) is 7.31. The number of carbonyl (C=O) groups excluding carboxylic acids is 1. The van der Waals surface area contributed by atoms with E-state index in [1.807, 2.05) is 41.9 Å². The van der Waals surface area contributed by atoms with Crippen LogP contribution in [0.25, 0.3) is 0 Å². The molecule has 0 atom stereocenters. The quantitative estimate of drug-likeness (QED) is 0.904.